The molecule has 0 saturated carbocycles. The molecule has 0 unspecified atom stereocenters. The van der Waals surface area contributed by atoms with Crippen molar-refractivity contribution in [3.63, 3.8) is 0 Å². The summed E-state index contributed by atoms with van der Waals surface area (Å²) in [5.41, 5.74) is 0.321. The first-order chi connectivity index (χ1) is 14.4. The van der Waals surface area contributed by atoms with Gasteiger partial charge >= 0.3 is 0 Å². The smallest absolute Gasteiger partial charge is 0.261 e. The Morgan fingerprint density at radius 2 is 1.35 bits per heavy atom. The fourth-order valence-corrected chi connectivity index (χ4v) is 5.76. The lowest BCUT2D eigenvalue weighted by molar-refractivity contribution is 0.0919. The molecule has 1 saturated heterocycles. The molecule has 1 heterocycles. The molecule has 3 rings (SSSR count). The van der Waals surface area contributed by atoms with Crippen LogP contribution in [0.4, 0.5) is 5.69 Å². The van der Waals surface area contributed by atoms with Crippen LogP contribution in [0.5, 0.6) is 0 Å². The number of carbonyl (C=O) groups is 1. The Morgan fingerprint density at radius 1 is 0.839 bits per heavy atom. The summed E-state index contributed by atoms with van der Waals surface area (Å²) in [6, 6.07) is 11.2. The van der Waals surface area contributed by atoms with E-state index in [1.165, 1.54) is 52.8 Å². The second-order valence-electron chi connectivity index (χ2n) is 8.47. The van der Waals surface area contributed by atoms with Crippen molar-refractivity contribution in [1.82, 2.24) is 9.62 Å². The number of amides is 1. The van der Waals surface area contributed by atoms with Crippen molar-refractivity contribution in [2.75, 3.05) is 17.8 Å². The van der Waals surface area contributed by atoms with Crippen molar-refractivity contribution in [3.8, 4) is 0 Å². The second-order valence-corrected chi connectivity index (χ2v) is 12.1. The number of benzene rings is 2. The molecule has 168 valence electrons. The van der Waals surface area contributed by atoms with Crippen LogP contribution in [-0.4, -0.2) is 45.7 Å². The van der Waals surface area contributed by atoms with Gasteiger partial charge in [0.05, 0.1) is 9.79 Å². The number of sulfonamides is 2. The highest BCUT2D eigenvalue weighted by Gasteiger charge is 2.27. The fourth-order valence-electron chi connectivity index (χ4n) is 3.18. The number of hydrogen-bond acceptors (Lipinski definition) is 5. The van der Waals surface area contributed by atoms with Gasteiger partial charge < -0.3 is 5.32 Å². The van der Waals surface area contributed by atoms with Crippen molar-refractivity contribution in [1.29, 1.82) is 0 Å². The molecule has 0 bridgehead atoms. The van der Waals surface area contributed by atoms with Crippen molar-refractivity contribution >= 4 is 31.6 Å². The van der Waals surface area contributed by atoms with Crippen LogP contribution in [-0.2, 0) is 20.0 Å². The van der Waals surface area contributed by atoms with Crippen LogP contribution in [0, 0.1) is 0 Å². The first-order valence-electron chi connectivity index (χ1n) is 9.94. The zero-order valence-electron chi connectivity index (χ0n) is 17.8. The summed E-state index contributed by atoms with van der Waals surface area (Å²) in [6.45, 7) is 6.57. The normalized spacial score (nSPS) is 15.6. The van der Waals surface area contributed by atoms with Crippen molar-refractivity contribution in [2.45, 2.75) is 48.9 Å². The van der Waals surface area contributed by atoms with E-state index in [2.05, 4.69) is 10.0 Å². The predicted octanol–water partition coefficient (Wildman–Crippen LogP) is 2.80. The third-order valence-electron chi connectivity index (χ3n) is 4.72. The summed E-state index contributed by atoms with van der Waals surface area (Å²) in [6.07, 6.45) is 1.65. The molecule has 0 spiro atoms. The number of nitrogens with zero attached hydrogens (tertiary/aromatic N) is 1. The Balaban J connectivity index is 1.73. The van der Waals surface area contributed by atoms with E-state index >= 15 is 0 Å². The average Bonchev–Trinajstić information content (AvgIpc) is 3.23. The number of hydrogen-bond donors (Lipinski definition) is 2. The SMILES string of the molecule is CC(C)(C)NC(=O)c1ccc(NS(=O)(=O)c2ccc(S(=O)(=O)N3CCCC3)cc2)cc1. The lowest BCUT2D eigenvalue weighted by Crippen LogP contribution is -2.40. The molecule has 0 radical (unpaired) electrons. The highest BCUT2D eigenvalue weighted by Crippen LogP contribution is 2.23. The van der Waals surface area contributed by atoms with Gasteiger partial charge in [0.1, 0.15) is 0 Å². The average molecular weight is 466 g/mol. The lowest BCUT2D eigenvalue weighted by Gasteiger charge is -2.20. The molecule has 0 aromatic heterocycles. The molecule has 0 atom stereocenters. The number of anilines is 1. The molecule has 1 aliphatic rings. The van der Waals surface area contributed by atoms with Crippen LogP contribution >= 0.6 is 0 Å². The topological polar surface area (TPSA) is 113 Å². The van der Waals surface area contributed by atoms with Gasteiger partial charge in [-0.3, -0.25) is 9.52 Å². The van der Waals surface area contributed by atoms with Crippen molar-refractivity contribution < 1.29 is 21.6 Å². The minimum atomic E-state index is -3.92. The molecule has 10 heteroatoms. The van der Waals surface area contributed by atoms with Gasteiger partial charge in [-0.2, -0.15) is 4.31 Å². The highest BCUT2D eigenvalue weighted by atomic mass is 32.2. The lowest BCUT2D eigenvalue weighted by atomic mass is 10.1. The summed E-state index contributed by atoms with van der Waals surface area (Å²) in [5.74, 6) is -0.253. The summed E-state index contributed by atoms with van der Waals surface area (Å²) in [7, 11) is -7.52. The van der Waals surface area contributed by atoms with Crippen LogP contribution in [0.25, 0.3) is 0 Å². The summed E-state index contributed by atoms with van der Waals surface area (Å²) in [5, 5.41) is 2.84. The van der Waals surface area contributed by atoms with E-state index in [9.17, 15) is 21.6 Å². The molecule has 2 aromatic carbocycles. The molecule has 0 aliphatic carbocycles. The van der Waals surface area contributed by atoms with Crippen molar-refractivity contribution in [2.24, 2.45) is 0 Å². The first kappa shape index (κ1) is 23.2. The molecule has 1 amide bonds. The Kier molecular flexibility index (Phi) is 6.45. The van der Waals surface area contributed by atoms with Gasteiger partial charge in [0.15, 0.2) is 0 Å². The third kappa shape index (κ3) is 5.63. The molecule has 1 fully saturated rings. The van der Waals surface area contributed by atoms with E-state index in [4.69, 9.17) is 0 Å². The van der Waals surface area contributed by atoms with Gasteiger partial charge in [0.2, 0.25) is 10.0 Å². The van der Waals surface area contributed by atoms with E-state index in [1.54, 1.807) is 0 Å². The van der Waals surface area contributed by atoms with Crippen LogP contribution in [0.1, 0.15) is 44.0 Å². The monoisotopic (exact) mass is 465 g/mol. The summed E-state index contributed by atoms with van der Waals surface area (Å²) < 4.78 is 54.4. The Bertz CT molecular complexity index is 1140. The molecule has 31 heavy (non-hydrogen) atoms. The van der Waals surface area contributed by atoms with E-state index < -0.39 is 20.0 Å². The van der Waals surface area contributed by atoms with Gasteiger partial charge in [-0.1, -0.05) is 0 Å². The van der Waals surface area contributed by atoms with E-state index in [0.717, 1.165) is 12.8 Å². The summed E-state index contributed by atoms with van der Waals surface area (Å²) in [4.78, 5) is 12.2. The Morgan fingerprint density at radius 3 is 1.87 bits per heavy atom. The first-order valence-corrected chi connectivity index (χ1v) is 12.9. The molecule has 2 aromatic rings. The van der Waals surface area contributed by atoms with Crippen LogP contribution in [0.15, 0.2) is 58.3 Å². The second kappa shape index (κ2) is 8.60. The van der Waals surface area contributed by atoms with Gasteiger partial charge in [-0.05, 0) is 82.1 Å². The zero-order valence-corrected chi connectivity index (χ0v) is 19.4. The van der Waals surface area contributed by atoms with E-state index in [-0.39, 0.29) is 21.2 Å². The zero-order chi connectivity index (χ0) is 22.9. The van der Waals surface area contributed by atoms with E-state index in [0.29, 0.717) is 24.3 Å². The third-order valence-corrected chi connectivity index (χ3v) is 8.03. The Labute approximate surface area is 183 Å². The maximum Gasteiger partial charge on any atom is 0.261 e. The predicted molar refractivity (Wildman–Crippen MR) is 119 cm³/mol. The molecule has 8 nitrogen and oxygen atoms in total. The van der Waals surface area contributed by atoms with Crippen LogP contribution < -0.4 is 10.0 Å². The van der Waals surface area contributed by atoms with Gasteiger partial charge in [-0.15, -0.1) is 0 Å². The highest BCUT2D eigenvalue weighted by molar-refractivity contribution is 7.92. The minimum Gasteiger partial charge on any atom is -0.347 e. The maximum atomic E-state index is 12.7. The number of rotatable bonds is 6. The molecular formula is C21H27N3O5S2. The number of nitrogens with one attached hydrogen (secondary N) is 2. The largest absolute Gasteiger partial charge is 0.347 e. The molecule has 2 N–H and O–H groups in total. The molecule has 1 aliphatic heterocycles. The van der Waals surface area contributed by atoms with Crippen molar-refractivity contribution in [3.05, 3.63) is 54.1 Å². The standard InChI is InChI=1S/C21H27N3O5S2/c1-21(2,3)22-20(25)16-6-8-17(9-7-16)23-30(26,27)18-10-12-19(13-11-18)31(28,29)24-14-4-5-15-24/h6-13,23H,4-5,14-15H2,1-3H3,(H,22,25). The quantitative estimate of drug-likeness (QED) is 0.681. The van der Waals surface area contributed by atoms with Gasteiger partial charge in [0, 0.05) is 29.9 Å². The van der Waals surface area contributed by atoms with Crippen LogP contribution in [0.2, 0.25) is 0 Å². The van der Waals surface area contributed by atoms with Crippen LogP contribution in [0.3, 0.4) is 0 Å². The van der Waals surface area contributed by atoms with Gasteiger partial charge in [-0.25, -0.2) is 16.8 Å². The minimum absolute atomic E-state index is 0.0533. The van der Waals surface area contributed by atoms with E-state index in [1.807, 2.05) is 20.8 Å². The number of carbonyl (C=O) groups excluding carboxylic acids is 1. The maximum absolute atomic E-state index is 12.7. The fraction of sp³-hybridized carbons (Fsp3) is 0.381. The molecular weight excluding hydrogens is 438 g/mol. The Hall–Kier alpha value is -2.43. The summed E-state index contributed by atoms with van der Waals surface area (Å²) >= 11 is 0. The van der Waals surface area contributed by atoms with Gasteiger partial charge in [0.25, 0.3) is 15.9 Å².